The number of rotatable bonds is 5. The highest BCUT2D eigenvalue weighted by Crippen LogP contribution is 2.17. The van der Waals surface area contributed by atoms with E-state index in [9.17, 15) is 4.79 Å². The molecule has 18 heavy (non-hydrogen) atoms. The summed E-state index contributed by atoms with van der Waals surface area (Å²) in [6, 6.07) is 3.93. The molecule has 0 saturated carbocycles. The monoisotopic (exact) mass is 267 g/mol. The molecule has 0 radical (unpaired) electrons. The minimum Gasteiger partial charge on any atom is -0.377 e. The highest BCUT2D eigenvalue weighted by Gasteiger charge is 2.18. The first-order chi connectivity index (χ1) is 8.65. The Morgan fingerprint density at radius 2 is 2.33 bits per heavy atom. The molecule has 1 saturated heterocycles. The first-order valence-electron chi connectivity index (χ1n) is 6.55. The standard InChI is InChI=1S/C14H21NO2S/c1-11-6-7-14(18-11)13(16)10-15(2)9-12-5-3-4-8-17-12/h6-7,12H,3-5,8-10H2,1-2H3. The van der Waals surface area contributed by atoms with Gasteiger partial charge in [-0.25, -0.2) is 0 Å². The quantitative estimate of drug-likeness (QED) is 0.768. The zero-order chi connectivity index (χ0) is 13.0. The van der Waals surface area contributed by atoms with Gasteiger partial charge in [0.15, 0.2) is 5.78 Å². The normalized spacial score (nSPS) is 20.3. The van der Waals surface area contributed by atoms with Gasteiger partial charge in [-0.15, -0.1) is 11.3 Å². The largest absolute Gasteiger partial charge is 0.377 e. The zero-order valence-corrected chi connectivity index (χ0v) is 12.0. The second-order valence-electron chi connectivity index (χ2n) is 5.02. The Morgan fingerprint density at radius 1 is 1.50 bits per heavy atom. The lowest BCUT2D eigenvalue weighted by molar-refractivity contribution is -0.000651. The van der Waals surface area contributed by atoms with Gasteiger partial charge in [0.2, 0.25) is 0 Å². The van der Waals surface area contributed by atoms with E-state index < -0.39 is 0 Å². The summed E-state index contributed by atoms with van der Waals surface area (Å²) in [5.41, 5.74) is 0. The number of hydrogen-bond acceptors (Lipinski definition) is 4. The second kappa shape index (κ2) is 6.45. The van der Waals surface area contributed by atoms with Gasteiger partial charge in [-0.2, -0.15) is 0 Å². The molecule has 1 aliphatic heterocycles. The average Bonchev–Trinajstić information content (AvgIpc) is 2.77. The summed E-state index contributed by atoms with van der Waals surface area (Å²) in [6.07, 6.45) is 3.85. The van der Waals surface area contributed by atoms with E-state index in [1.807, 2.05) is 26.1 Å². The van der Waals surface area contributed by atoms with Crippen molar-refractivity contribution in [3.05, 3.63) is 21.9 Å². The molecule has 0 bridgehead atoms. The molecule has 1 aromatic rings. The molecule has 2 heterocycles. The Hall–Kier alpha value is -0.710. The lowest BCUT2D eigenvalue weighted by Gasteiger charge is -2.26. The fourth-order valence-corrected chi connectivity index (χ4v) is 3.07. The van der Waals surface area contributed by atoms with Crippen LogP contribution in [0.25, 0.3) is 0 Å². The van der Waals surface area contributed by atoms with Crippen LogP contribution in [-0.4, -0.2) is 43.5 Å². The minimum absolute atomic E-state index is 0.214. The predicted octanol–water partition coefficient (Wildman–Crippen LogP) is 2.74. The van der Waals surface area contributed by atoms with E-state index in [0.717, 1.165) is 24.4 Å². The van der Waals surface area contributed by atoms with Crippen molar-refractivity contribution in [2.24, 2.45) is 0 Å². The number of Topliss-reactive ketones (excluding diaryl/α,β-unsaturated/α-hetero) is 1. The fraction of sp³-hybridized carbons (Fsp3) is 0.643. The molecular formula is C14H21NO2S. The summed E-state index contributed by atoms with van der Waals surface area (Å²) in [5, 5.41) is 0. The summed E-state index contributed by atoms with van der Waals surface area (Å²) in [5.74, 6) is 0.214. The van der Waals surface area contributed by atoms with Gasteiger partial charge < -0.3 is 4.74 Å². The Balaban J connectivity index is 1.79. The SMILES string of the molecule is Cc1ccc(C(=O)CN(C)CC2CCCCO2)s1. The van der Waals surface area contributed by atoms with Crippen LogP contribution in [0.2, 0.25) is 0 Å². The van der Waals surface area contributed by atoms with E-state index in [1.165, 1.54) is 17.7 Å². The fourth-order valence-electron chi connectivity index (χ4n) is 2.27. The second-order valence-corrected chi connectivity index (χ2v) is 6.31. The number of thiophene rings is 1. The van der Waals surface area contributed by atoms with E-state index in [-0.39, 0.29) is 5.78 Å². The molecule has 0 spiro atoms. The van der Waals surface area contributed by atoms with Crippen molar-refractivity contribution in [2.75, 3.05) is 26.7 Å². The van der Waals surface area contributed by atoms with Crippen molar-refractivity contribution in [3.63, 3.8) is 0 Å². The van der Waals surface area contributed by atoms with Gasteiger partial charge in [0.05, 0.1) is 17.5 Å². The van der Waals surface area contributed by atoms with E-state index in [0.29, 0.717) is 12.6 Å². The number of likely N-dealkylation sites (N-methyl/N-ethyl adjacent to an activating group) is 1. The maximum absolute atomic E-state index is 12.0. The summed E-state index contributed by atoms with van der Waals surface area (Å²) in [7, 11) is 2.00. The summed E-state index contributed by atoms with van der Waals surface area (Å²) >= 11 is 1.58. The van der Waals surface area contributed by atoms with Crippen molar-refractivity contribution >= 4 is 17.1 Å². The van der Waals surface area contributed by atoms with Gasteiger partial charge >= 0.3 is 0 Å². The molecule has 0 amide bonds. The molecule has 1 aliphatic rings. The number of aryl methyl sites for hydroxylation is 1. The molecule has 1 fully saturated rings. The van der Waals surface area contributed by atoms with Gasteiger partial charge in [-0.05, 0) is 45.4 Å². The summed E-state index contributed by atoms with van der Waals surface area (Å²) in [4.78, 5) is 16.2. The maximum Gasteiger partial charge on any atom is 0.186 e. The molecule has 0 aromatic carbocycles. The number of hydrogen-bond donors (Lipinski definition) is 0. The van der Waals surface area contributed by atoms with Crippen molar-refractivity contribution in [1.29, 1.82) is 0 Å². The molecule has 0 N–H and O–H groups in total. The predicted molar refractivity (Wildman–Crippen MR) is 74.5 cm³/mol. The Morgan fingerprint density at radius 3 is 2.94 bits per heavy atom. The van der Waals surface area contributed by atoms with Crippen LogP contribution in [0.15, 0.2) is 12.1 Å². The minimum atomic E-state index is 0.214. The van der Waals surface area contributed by atoms with E-state index >= 15 is 0 Å². The third-order valence-corrected chi connectivity index (χ3v) is 4.26. The van der Waals surface area contributed by atoms with Crippen molar-refractivity contribution in [1.82, 2.24) is 4.90 Å². The molecule has 2 rings (SSSR count). The third kappa shape index (κ3) is 3.90. The Labute approximate surface area is 113 Å². The molecule has 4 heteroatoms. The molecule has 1 unspecified atom stereocenters. The number of ketones is 1. The first kappa shape index (κ1) is 13.7. The van der Waals surface area contributed by atoms with Crippen LogP contribution in [0.5, 0.6) is 0 Å². The smallest absolute Gasteiger partial charge is 0.186 e. The molecule has 1 atom stereocenters. The average molecular weight is 267 g/mol. The van der Waals surface area contributed by atoms with Crippen LogP contribution in [0, 0.1) is 6.92 Å². The number of nitrogens with zero attached hydrogens (tertiary/aromatic N) is 1. The van der Waals surface area contributed by atoms with Crippen molar-refractivity contribution in [3.8, 4) is 0 Å². The Bertz CT molecular complexity index is 396. The molecule has 3 nitrogen and oxygen atoms in total. The third-order valence-electron chi connectivity index (χ3n) is 3.22. The van der Waals surface area contributed by atoms with E-state index in [1.54, 1.807) is 11.3 Å². The zero-order valence-electron chi connectivity index (χ0n) is 11.1. The van der Waals surface area contributed by atoms with Gasteiger partial charge in [0, 0.05) is 18.0 Å². The van der Waals surface area contributed by atoms with Crippen LogP contribution in [0.3, 0.4) is 0 Å². The van der Waals surface area contributed by atoms with Crippen LogP contribution in [-0.2, 0) is 4.74 Å². The number of ether oxygens (including phenoxy) is 1. The Kier molecular flexibility index (Phi) is 4.92. The molecule has 100 valence electrons. The van der Waals surface area contributed by atoms with Gasteiger partial charge in [0.25, 0.3) is 0 Å². The lowest BCUT2D eigenvalue weighted by Crippen LogP contribution is -2.36. The van der Waals surface area contributed by atoms with E-state index in [2.05, 4.69) is 4.90 Å². The number of carbonyl (C=O) groups is 1. The van der Waals surface area contributed by atoms with Crippen LogP contribution in [0.4, 0.5) is 0 Å². The first-order valence-corrected chi connectivity index (χ1v) is 7.36. The summed E-state index contributed by atoms with van der Waals surface area (Å²) < 4.78 is 5.69. The topological polar surface area (TPSA) is 29.5 Å². The van der Waals surface area contributed by atoms with Crippen LogP contribution >= 0.6 is 11.3 Å². The van der Waals surface area contributed by atoms with Gasteiger partial charge in [0.1, 0.15) is 0 Å². The van der Waals surface area contributed by atoms with Crippen LogP contribution < -0.4 is 0 Å². The number of carbonyl (C=O) groups excluding carboxylic acids is 1. The van der Waals surface area contributed by atoms with Crippen LogP contribution in [0.1, 0.15) is 33.8 Å². The van der Waals surface area contributed by atoms with Gasteiger partial charge in [-0.3, -0.25) is 9.69 Å². The van der Waals surface area contributed by atoms with Crippen molar-refractivity contribution < 1.29 is 9.53 Å². The lowest BCUT2D eigenvalue weighted by atomic mass is 10.1. The molecule has 0 aliphatic carbocycles. The molecule has 1 aromatic heterocycles. The van der Waals surface area contributed by atoms with E-state index in [4.69, 9.17) is 4.74 Å². The van der Waals surface area contributed by atoms with Gasteiger partial charge in [-0.1, -0.05) is 0 Å². The maximum atomic E-state index is 12.0. The highest BCUT2D eigenvalue weighted by atomic mass is 32.1. The van der Waals surface area contributed by atoms with Crippen molar-refractivity contribution in [2.45, 2.75) is 32.3 Å². The highest BCUT2D eigenvalue weighted by molar-refractivity contribution is 7.14. The summed E-state index contributed by atoms with van der Waals surface area (Å²) in [6.45, 7) is 4.24. The molecular weight excluding hydrogens is 246 g/mol.